The SMILES string of the molecule is Cc1ccc(C(=O)N2CCC3(CCN(Cc4ccccc4OCc4ccccc4)CC3)CC2)cc1. The van der Waals surface area contributed by atoms with E-state index in [2.05, 4.69) is 65.3 Å². The van der Waals surface area contributed by atoms with Gasteiger partial charge in [0.1, 0.15) is 12.4 Å². The predicted molar refractivity (Wildman–Crippen MR) is 140 cm³/mol. The summed E-state index contributed by atoms with van der Waals surface area (Å²) in [7, 11) is 0. The molecule has 2 aliphatic heterocycles. The van der Waals surface area contributed by atoms with E-state index in [0.29, 0.717) is 12.0 Å². The van der Waals surface area contributed by atoms with E-state index in [1.807, 2.05) is 30.3 Å². The average Bonchev–Trinajstić information content (AvgIpc) is 2.91. The molecule has 0 aliphatic carbocycles. The minimum Gasteiger partial charge on any atom is -0.489 e. The zero-order chi connectivity index (χ0) is 24.1. The Labute approximate surface area is 209 Å². The van der Waals surface area contributed by atoms with Gasteiger partial charge in [0.05, 0.1) is 0 Å². The number of aryl methyl sites for hydroxylation is 1. The molecule has 0 bridgehead atoms. The number of carbonyl (C=O) groups is 1. The van der Waals surface area contributed by atoms with Crippen LogP contribution in [0.3, 0.4) is 0 Å². The lowest BCUT2D eigenvalue weighted by molar-refractivity contribution is 0.0283. The van der Waals surface area contributed by atoms with Crippen LogP contribution in [0.5, 0.6) is 5.75 Å². The highest BCUT2D eigenvalue weighted by Gasteiger charge is 2.38. The second-order valence-corrected chi connectivity index (χ2v) is 10.3. The van der Waals surface area contributed by atoms with E-state index >= 15 is 0 Å². The lowest BCUT2D eigenvalue weighted by Crippen LogP contribution is -2.48. The number of para-hydroxylation sites is 1. The third kappa shape index (κ3) is 5.76. The number of benzene rings is 3. The summed E-state index contributed by atoms with van der Waals surface area (Å²) in [6.45, 7) is 7.56. The minimum absolute atomic E-state index is 0.185. The number of nitrogens with zero attached hydrogens (tertiary/aromatic N) is 2. The molecule has 3 aromatic rings. The maximum Gasteiger partial charge on any atom is 0.253 e. The molecule has 2 saturated heterocycles. The van der Waals surface area contributed by atoms with Crippen molar-refractivity contribution >= 4 is 5.91 Å². The average molecular weight is 469 g/mol. The summed E-state index contributed by atoms with van der Waals surface area (Å²) in [5.41, 5.74) is 4.85. The lowest BCUT2D eigenvalue weighted by Gasteiger charge is -2.47. The van der Waals surface area contributed by atoms with Crippen molar-refractivity contribution in [2.45, 2.75) is 45.8 Å². The van der Waals surface area contributed by atoms with Crippen molar-refractivity contribution < 1.29 is 9.53 Å². The molecule has 0 radical (unpaired) electrons. The maximum absolute atomic E-state index is 12.9. The van der Waals surface area contributed by atoms with Crippen molar-refractivity contribution in [2.24, 2.45) is 5.41 Å². The number of ether oxygens (including phenoxy) is 1. The molecular weight excluding hydrogens is 432 g/mol. The minimum atomic E-state index is 0.185. The molecule has 2 heterocycles. The quantitative estimate of drug-likeness (QED) is 0.439. The smallest absolute Gasteiger partial charge is 0.253 e. The molecule has 1 spiro atoms. The predicted octanol–water partition coefficient (Wildman–Crippen LogP) is 6.09. The van der Waals surface area contributed by atoms with E-state index in [1.54, 1.807) is 0 Å². The fraction of sp³-hybridized carbons (Fsp3) is 0.387. The number of likely N-dealkylation sites (tertiary alicyclic amines) is 2. The molecule has 0 N–H and O–H groups in total. The molecule has 0 aromatic heterocycles. The van der Waals surface area contributed by atoms with Gasteiger partial charge in [-0.2, -0.15) is 0 Å². The molecule has 35 heavy (non-hydrogen) atoms. The lowest BCUT2D eigenvalue weighted by atomic mass is 9.71. The third-order valence-corrected chi connectivity index (χ3v) is 7.93. The standard InChI is InChI=1S/C31H36N2O2/c1-25-11-13-27(14-12-25)30(34)33-21-17-31(18-22-33)15-19-32(20-16-31)23-28-9-5-6-10-29(28)35-24-26-7-3-2-4-8-26/h2-14H,15-24H2,1H3. The van der Waals surface area contributed by atoms with Crippen molar-refractivity contribution in [1.29, 1.82) is 0 Å². The van der Waals surface area contributed by atoms with Gasteiger partial charge in [-0.25, -0.2) is 0 Å². The molecule has 0 unspecified atom stereocenters. The Bertz CT molecular complexity index is 1110. The number of piperidine rings is 2. The summed E-state index contributed by atoms with van der Waals surface area (Å²) in [6, 6.07) is 26.8. The van der Waals surface area contributed by atoms with Gasteiger partial charge in [0.15, 0.2) is 0 Å². The Morgan fingerprint density at radius 3 is 2.14 bits per heavy atom. The highest BCUT2D eigenvalue weighted by Crippen LogP contribution is 2.42. The molecule has 1 amide bonds. The van der Waals surface area contributed by atoms with Crippen molar-refractivity contribution in [2.75, 3.05) is 26.2 Å². The Hall–Kier alpha value is -3.11. The number of carbonyl (C=O) groups excluding carboxylic acids is 1. The normalized spacial score (nSPS) is 17.9. The van der Waals surface area contributed by atoms with Crippen LogP contribution < -0.4 is 4.74 Å². The molecule has 4 nitrogen and oxygen atoms in total. The van der Waals surface area contributed by atoms with Crippen LogP contribution in [-0.2, 0) is 13.2 Å². The maximum atomic E-state index is 12.9. The summed E-state index contributed by atoms with van der Waals surface area (Å²) in [5, 5.41) is 0. The van der Waals surface area contributed by atoms with Gasteiger partial charge in [0.2, 0.25) is 0 Å². The largest absolute Gasteiger partial charge is 0.489 e. The van der Waals surface area contributed by atoms with Gasteiger partial charge in [-0.1, -0.05) is 66.2 Å². The Kier molecular flexibility index (Phi) is 7.19. The van der Waals surface area contributed by atoms with E-state index in [9.17, 15) is 4.79 Å². The van der Waals surface area contributed by atoms with Crippen molar-refractivity contribution in [3.63, 3.8) is 0 Å². The zero-order valence-corrected chi connectivity index (χ0v) is 20.8. The van der Waals surface area contributed by atoms with Crippen LogP contribution in [0.4, 0.5) is 0 Å². The van der Waals surface area contributed by atoms with E-state index in [4.69, 9.17) is 4.74 Å². The van der Waals surface area contributed by atoms with E-state index < -0.39 is 0 Å². The molecule has 0 saturated carbocycles. The summed E-state index contributed by atoms with van der Waals surface area (Å²) in [4.78, 5) is 17.5. The second kappa shape index (κ2) is 10.7. The summed E-state index contributed by atoms with van der Waals surface area (Å²) in [6.07, 6.45) is 4.67. The molecule has 2 fully saturated rings. The molecule has 2 aliphatic rings. The van der Waals surface area contributed by atoms with Crippen LogP contribution in [0.25, 0.3) is 0 Å². The first-order valence-corrected chi connectivity index (χ1v) is 12.9. The van der Waals surface area contributed by atoms with Crippen LogP contribution in [0.2, 0.25) is 0 Å². The van der Waals surface area contributed by atoms with Gasteiger partial charge >= 0.3 is 0 Å². The second-order valence-electron chi connectivity index (χ2n) is 10.3. The molecule has 182 valence electrons. The summed E-state index contributed by atoms with van der Waals surface area (Å²) >= 11 is 0. The summed E-state index contributed by atoms with van der Waals surface area (Å²) < 4.78 is 6.19. The van der Waals surface area contributed by atoms with E-state index in [-0.39, 0.29) is 5.91 Å². The van der Waals surface area contributed by atoms with Gasteiger partial charge < -0.3 is 9.64 Å². The first-order valence-electron chi connectivity index (χ1n) is 12.9. The van der Waals surface area contributed by atoms with Crippen LogP contribution in [0.15, 0.2) is 78.9 Å². The molecule has 4 heteroatoms. The van der Waals surface area contributed by atoms with Gasteiger partial charge in [0, 0.05) is 30.8 Å². The van der Waals surface area contributed by atoms with Crippen LogP contribution >= 0.6 is 0 Å². The number of amides is 1. The third-order valence-electron chi connectivity index (χ3n) is 7.93. The van der Waals surface area contributed by atoms with Crippen LogP contribution in [-0.4, -0.2) is 41.9 Å². The number of rotatable bonds is 6. The molecule has 5 rings (SSSR count). The van der Waals surface area contributed by atoms with Crippen molar-refractivity contribution in [1.82, 2.24) is 9.80 Å². The first-order chi connectivity index (χ1) is 17.1. The number of hydrogen-bond acceptors (Lipinski definition) is 3. The van der Waals surface area contributed by atoms with Crippen LogP contribution in [0.1, 0.15) is 52.7 Å². The van der Waals surface area contributed by atoms with Gasteiger partial charge in [-0.15, -0.1) is 0 Å². The van der Waals surface area contributed by atoms with Gasteiger partial charge in [-0.05, 0) is 74.9 Å². The monoisotopic (exact) mass is 468 g/mol. The Morgan fingerprint density at radius 2 is 1.43 bits per heavy atom. The fourth-order valence-electron chi connectivity index (χ4n) is 5.50. The Balaban J connectivity index is 1.12. The Morgan fingerprint density at radius 1 is 0.800 bits per heavy atom. The zero-order valence-electron chi connectivity index (χ0n) is 20.8. The topological polar surface area (TPSA) is 32.8 Å². The van der Waals surface area contributed by atoms with Crippen molar-refractivity contribution in [3.05, 3.63) is 101 Å². The first kappa shape index (κ1) is 23.6. The van der Waals surface area contributed by atoms with Crippen molar-refractivity contribution in [3.8, 4) is 5.75 Å². The fourth-order valence-corrected chi connectivity index (χ4v) is 5.50. The summed E-state index contributed by atoms with van der Waals surface area (Å²) in [5.74, 6) is 1.17. The van der Waals surface area contributed by atoms with Crippen LogP contribution in [0, 0.1) is 12.3 Å². The molecule has 3 aromatic carbocycles. The van der Waals surface area contributed by atoms with E-state index in [1.165, 1.54) is 29.5 Å². The van der Waals surface area contributed by atoms with E-state index in [0.717, 1.165) is 56.9 Å². The highest BCUT2D eigenvalue weighted by molar-refractivity contribution is 5.94. The molecule has 0 atom stereocenters. The number of hydrogen-bond donors (Lipinski definition) is 0. The molecular formula is C31H36N2O2. The highest BCUT2D eigenvalue weighted by atomic mass is 16.5. The van der Waals surface area contributed by atoms with Gasteiger partial charge in [-0.3, -0.25) is 9.69 Å². The van der Waals surface area contributed by atoms with Gasteiger partial charge in [0.25, 0.3) is 5.91 Å².